The number of anilines is 1. The van der Waals surface area contributed by atoms with E-state index in [1.807, 2.05) is 0 Å². The van der Waals surface area contributed by atoms with E-state index in [1.54, 1.807) is 37.4 Å². The van der Waals surface area contributed by atoms with Crippen LogP contribution < -0.4 is 14.8 Å². The van der Waals surface area contributed by atoms with Crippen LogP contribution in [0.5, 0.6) is 11.6 Å². The molecule has 1 aliphatic rings. The number of nitrogens with one attached hydrogen (secondary N) is 1. The number of carbonyl (C=O) groups is 1. The first-order chi connectivity index (χ1) is 13.9. The third kappa shape index (κ3) is 5.03. The zero-order valence-corrected chi connectivity index (χ0v) is 17.1. The maximum Gasteiger partial charge on any atom is 0.262 e. The van der Waals surface area contributed by atoms with E-state index in [0.717, 1.165) is 0 Å². The molecule has 0 spiro atoms. The van der Waals surface area contributed by atoms with Crippen molar-refractivity contribution >= 4 is 21.6 Å². The number of pyridine rings is 1. The quantitative estimate of drug-likeness (QED) is 0.721. The van der Waals surface area contributed by atoms with Crippen LogP contribution in [0.1, 0.15) is 5.56 Å². The van der Waals surface area contributed by atoms with Gasteiger partial charge in [-0.05, 0) is 36.8 Å². The van der Waals surface area contributed by atoms with E-state index >= 15 is 0 Å². The lowest BCUT2D eigenvalue weighted by Crippen LogP contribution is -2.40. The number of carbonyl (C=O) groups excluding carboxylic acids is 1. The number of amides is 1. The van der Waals surface area contributed by atoms with Crippen molar-refractivity contribution in [2.45, 2.75) is 11.8 Å². The fourth-order valence-electron chi connectivity index (χ4n) is 2.86. The smallest absolute Gasteiger partial charge is 0.262 e. The first-order valence-corrected chi connectivity index (χ1v) is 10.5. The van der Waals surface area contributed by atoms with Crippen LogP contribution >= 0.6 is 0 Å². The second-order valence-electron chi connectivity index (χ2n) is 6.34. The fourth-order valence-corrected chi connectivity index (χ4v) is 4.52. The van der Waals surface area contributed by atoms with Gasteiger partial charge in [0.05, 0.1) is 25.2 Å². The molecule has 0 radical (unpaired) electrons. The number of hydrogen-bond donors (Lipinski definition) is 1. The number of aryl methyl sites for hydroxylation is 1. The molecule has 1 saturated heterocycles. The molecule has 1 aromatic carbocycles. The summed E-state index contributed by atoms with van der Waals surface area (Å²) in [6, 6.07) is 8.07. The minimum Gasteiger partial charge on any atom is -0.478 e. The van der Waals surface area contributed by atoms with E-state index in [-0.39, 0.29) is 17.4 Å². The number of benzene rings is 1. The molecule has 2 heterocycles. The molecule has 3 rings (SSSR count). The van der Waals surface area contributed by atoms with Crippen LogP contribution in [0, 0.1) is 6.92 Å². The van der Waals surface area contributed by atoms with Crippen molar-refractivity contribution in [3.8, 4) is 11.6 Å². The van der Waals surface area contributed by atoms with Crippen molar-refractivity contribution in [2.24, 2.45) is 0 Å². The zero-order chi connectivity index (χ0) is 20.9. The maximum atomic E-state index is 12.9. The molecule has 2 aromatic rings. The number of aromatic nitrogens is 1. The van der Waals surface area contributed by atoms with Crippen LogP contribution in [0.2, 0.25) is 0 Å². The van der Waals surface area contributed by atoms with Crippen molar-refractivity contribution < 1.29 is 27.4 Å². The summed E-state index contributed by atoms with van der Waals surface area (Å²) in [7, 11) is -2.21. The molecule has 156 valence electrons. The lowest BCUT2D eigenvalue weighted by Gasteiger charge is -2.26. The third-order valence-electron chi connectivity index (χ3n) is 4.35. The van der Waals surface area contributed by atoms with Gasteiger partial charge >= 0.3 is 0 Å². The topological polar surface area (TPSA) is 107 Å². The number of methoxy groups -OCH3 is 1. The Morgan fingerprint density at radius 1 is 1.28 bits per heavy atom. The van der Waals surface area contributed by atoms with Crippen molar-refractivity contribution in [1.29, 1.82) is 0 Å². The average molecular weight is 421 g/mol. The Hall–Kier alpha value is -2.69. The molecule has 9 nitrogen and oxygen atoms in total. The summed E-state index contributed by atoms with van der Waals surface area (Å²) < 4.78 is 43.0. The average Bonchev–Trinajstić information content (AvgIpc) is 2.74. The molecule has 0 bridgehead atoms. The van der Waals surface area contributed by atoms with Crippen LogP contribution in [0.15, 0.2) is 41.4 Å². The van der Waals surface area contributed by atoms with Crippen LogP contribution in [0.4, 0.5) is 5.69 Å². The Morgan fingerprint density at radius 3 is 2.76 bits per heavy atom. The van der Waals surface area contributed by atoms with Gasteiger partial charge in [0, 0.05) is 25.0 Å². The largest absolute Gasteiger partial charge is 0.478 e. The van der Waals surface area contributed by atoms with Gasteiger partial charge in [-0.1, -0.05) is 6.07 Å². The number of hydrogen-bond acceptors (Lipinski definition) is 7. The molecule has 1 aromatic heterocycles. The second kappa shape index (κ2) is 9.21. The molecule has 1 N–H and O–H groups in total. The Balaban J connectivity index is 1.70. The van der Waals surface area contributed by atoms with E-state index < -0.39 is 15.9 Å². The van der Waals surface area contributed by atoms with E-state index in [1.165, 1.54) is 17.5 Å². The Kier molecular flexibility index (Phi) is 6.68. The number of rotatable bonds is 7. The summed E-state index contributed by atoms with van der Waals surface area (Å²) in [5.41, 5.74) is 0.972. The molecular weight excluding hydrogens is 398 g/mol. The molecule has 0 saturated carbocycles. The molecule has 1 aliphatic heterocycles. The van der Waals surface area contributed by atoms with Gasteiger partial charge in [-0.2, -0.15) is 4.31 Å². The molecule has 0 aliphatic carbocycles. The van der Waals surface area contributed by atoms with Crippen LogP contribution in [-0.2, 0) is 19.6 Å². The van der Waals surface area contributed by atoms with Gasteiger partial charge in [-0.25, -0.2) is 13.4 Å². The standard InChI is InChI=1S/C19H23N3O6S/c1-14-5-6-15(12-17(14)29(24,25)22-8-10-27-11-9-22)21-18(23)13-28-16-4-3-7-20-19(16)26-2/h3-7,12H,8-11,13H2,1-2H3,(H,21,23). The Morgan fingerprint density at radius 2 is 2.03 bits per heavy atom. The van der Waals surface area contributed by atoms with Crippen molar-refractivity contribution in [2.75, 3.05) is 45.3 Å². The van der Waals surface area contributed by atoms with Crippen LogP contribution in [0.25, 0.3) is 0 Å². The Bertz CT molecular complexity index is 974. The van der Waals surface area contributed by atoms with Gasteiger partial charge in [0.15, 0.2) is 12.4 Å². The van der Waals surface area contributed by atoms with Gasteiger partial charge in [0.2, 0.25) is 10.0 Å². The first kappa shape index (κ1) is 21.0. The van der Waals surface area contributed by atoms with E-state index in [0.29, 0.717) is 43.3 Å². The number of sulfonamides is 1. The SMILES string of the molecule is COc1ncccc1OCC(=O)Nc1ccc(C)c(S(=O)(=O)N2CCOCC2)c1. The summed E-state index contributed by atoms with van der Waals surface area (Å²) in [4.78, 5) is 16.4. The molecule has 29 heavy (non-hydrogen) atoms. The van der Waals surface area contributed by atoms with E-state index in [4.69, 9.17) is 14.2 Å². The number of nitrogens with zero attached hydrogens (tertiary/aromatic N) is 2. The predicted molar refractivity (Wildman–Crippen MR) is 106 cm³/mol. The van der Waals surface area contributed by atoms with Gasteiger partial charge < -0.3 is 19.5 Å². The lowest BCUT2D eigenvalue weighted by atomic mass is 10.2. The molecule has 0 unspecified atom stereocenters. The van der Waals surface area contributed by atoms with Crippen LogP contribution in [-0.4, -0.2) is 63.6 Å². The number of morpholine rings is 1. The van der Waals surface area contributed by atoms with Crippen molar-refractivity contribution in [3.05, 3.63) is 42.1 Å². The first-order valence-electron chi connectivity index (χ1n) is 9.02. The number of ether oxygens (including phenoxy) is 3. The van der Waals surface area contributed by atoms with Crippen LogP contribution in [0.3, 0.4) is 0 Å². The molecule has 1 fully saturated rings. The summed E-state index contributed by atoms with van der Waals surface area (Å²) >= 11 is 0. The monoisotopic (exact) mass is 421 g/mol. The fraction of sp³-hybridized carbons (Fsp3) is 0.368. The van der Waals surface area contributed by atoms with Gasteiger partial charge in [0.1, 0.15) is 0 Å². The van der Waals surface area contributed by atoms with Gasteiger partial charge in [-0.15, -0.1) is 0 Å². The van der Waals surface area contributed by atoms with Gasteiger partial charge in [-0.3, -0.25) is 4.79 Å². The Labute approximate surface area is 169 Å². The molecule has 10 heteroatoms. The predicted octanol–water partition coefficient (Wildman–Crippen LogP) is 1.44. The third-order valence-corrected chi connectivity index (χ3v) is 6.39. The highest BCUT2D eigenvalue weighted by molar-refractivity contribution is 7.89. The summed E-state index contributed by atoms with van der Waals surface area (Å²) in [5.74, 6) is 0.175. The highest BCUT2D eigenvalue weighted by Crippen LogP contribution is 2.25. The van der Waals surface area contributed by atoms with Gasteiger partial charge in [0.25, 0.3) is 11.8 Å². The minimum absolute atomic E-state index is 0.159. The highest BCUT2D eigenvalue weighted by atomic mass is 32.2. The lowest BCUT2D eigenvalue weighted by molar-refractivity contribution is -0.118. The normalized spacial score (nSPS) is 15.0. The molecule has 0 atom stereocenters. The summed E-state index contributed by atoms with van der Waals surface area (Å²) in [6.45, 7) is 2.78. The minimum atomic E-state index is -3.67. The van der Waals surface area contributed by atoms with E-state index in [9.17, 15) is 13.2 Å². The molecular formula is C19H23N3O6S. The van der Waals surface area contributed by atoms with Crippen molar-refractivity contribution in [3.63, 3.8) is 0 Å². The van der Waals surface area contributed by atoms with E-state index in [2.05, 4.69) is 10.3 Å². The summed E-state index contributed by atoms with van der Waals surface area (Å²) in [6.07, 6.45) is 1.55. The molecule has 1 amide bonds. The van der Waals surface area contributed by atoms with Crippen molar-refractivity contribution in [1.82, 2.24) is 9.29 Å². The maximum absolute atomic E-state index is 12.9. The summed E-state index contributed by atoms with van der Waals surface area (Å²) in [5, 5.41) is 2.66. The highest BCUT2D eigenvalue weighted by Gasteiger charge is 2.28. The zero-order valence-electron chi connectivity index (χ0n) is 16.3. The second-order valence-corrected chi connectivity index (χ2v) is 8.25.